The van der Waals surface area contributed by atoms with Crippen LogP contribution in [0.2, 0.25) is 0 Å². The van der Waals surface area contributed by atoms with Crippen LogP contribution in [0.5, 0.6) is 0 Å². The Kier molecular flexibility index (Phi) is 4.95. The van der Waals surface area contributed by atoms with E-state index >= 15 is 0 Å². The maximum Gasteiger partial charge on any atom is 0.126 e. The molecule has 1 aromatic heterocycles. The molecule has 1 aromatic rings. The number of thioether (sulfide) groups is 1. The second kappa shape index (κ2) is 6.01. The van der Waals surface area contributed by atoms with Crippen LogP contribution < -0.4 is 5.32 Å². The molecule has 1 N–H and O–H groups in total. The van der Waals surface area contributed by atoms with Gasteiger partial charge in [0.15, 0.2) is 0 Å². The molecular weight excluding hydrogens is 204 g/mol. The van der Waals surface area contributed by atoms with Gasteiger partial charge in [0.25, 0.3) is 0 Å². The molecule has 0 saturated heterocycles. The van der Waals surface area contributed by atoms with Crippen LogP contribution in [-0.4, -0.2) is 16.8 Å². The van der Waals surface area contributed by atoms with E-state index in [1.165, 1.54) is 4.90 Å². The fourth-order valence-electron chi connectivity index (χ4n) is 1.11. The van der Waals surface area contributed by atoms with E-state index in [4.69, 9.17) is 0 Å². The lowest BCUT2D eigenvalue weighted by atomic mass is 10.2. The van der Waals surface area contributed by atoms with Crippen LogP contribution in [0.15, 0.2) is 23.2 Å². The Morgan fingerprint density at radius 3 is 2.73 bits per heavy atom. The van der Waals surface area contributed by atoms with Gasteiger partial charge in [-0.2, -0.15) is 0 Å². The van der Waals surface area contributed by atoms with Gasteiger partial charge in [-0.05, 0) is 25.0 Å². The molecule has 0 aliphatic rings. The molecule has 0 amide bonds. The van der Waals surface area contributed by atoms with Gasteiger partial charge in [-0.3, -0.25) is 0 Å². The lowest BCUT2D eigenvalue weighted by Gasteiger charge is -2.15. The molecule has 84 valence electrons. The minimum absolute atomic E-state index is 0.641. The Morgan fingerprint density at radius 1 is 1.40 bits per heavy atom. The molecule has 0 aliphatic heterocycles. The Labute approximate surface area is 96.9 Å². The number of hydrogen-bond donors (Lipinski definition) is 1. The first-order chi connectivity index (χ1) is 7.13. The van der Waals surface area contributed by atoms with E-state index in [0.29, 0.717) is 11.2 Å². The summed E-state index contributed by atoms with van der Waals surface area (Å²) in [7, 11) is 0. The molecule has 1 unspecified atom stereocenters. The smallest absolute Gasteiger partial charge is 0.126 e. The Balaban J connectivity index is 2.64. The first kappa shape index (κ1) is 12.4. The first-order valence-corrected chi connectivity index (χ1v) is 6.38. The second-order valence-electron chi connectivity index (χ2n) is 3.97. The van der Waals surface area contributed by atoms with Crippen molar-refractivity contribution in [3.63, 3.8) is 0 Å². The molecule has 0 aliphatic carbocycles. The molecule has 1 heterocycles. The van der Waals surface area contributed by atoms with Gasteiger partial charge in [-0.1, -0.05) is 20.8 Å². The van der Waals surface area contributed by atoms with Crippen molar-refractivity contribution in [3.05, 3.63) is 18.3 Å². The summed E-state index contributed by atoms with van der Waals surface area (Å²) in [5, 5.41) is 3.87. The lowest BCUT2D eigenvalue weighted by molar-refractivity contribution is 0.642. The van der Waals surface area contributed by atoms with Crippen LogP contribution in [-0.2, 0) is 0 Å². The first-order valence-electron chi connectivity index (χ1n) is 5.50. The van der Waals surface area contributed by atoms with Crippen molar-refractivity contribution in [1.82, 2.24) is 4.98 Å². The SMILES string of the molecule is CCNc1cc(SC(C)C(C)C)ccn1. The average Bonchev–Trinajstić information content (AvgIpc) is 2.18. The molecule has 0 aromatic carbocycles. The summed E-state index contributed by atoms with van der Waals surface area (Å²) < 4.78 is 0. The molecular formula is C12H20N2S. The molecule has 0 bridgehead atoms. The molecule has 2 nitrogen and oxygen atoms in total. The normalized spacial score (nSPS) is 12.9. The summed E-state index contributed by atoms with van der Waals surface area (Å²) in [5.41, 5.74) is 0. The number of nitrogens with one attached hydrogen (secondary N) is 1. The van der Waals surface area contributed by atoms with Gasteiger partial charge in [0.1, 0.15) is 5.82 Å². The van der Waals surface area contributed by atoms with E-state index in [9.17, 15) is 0 Å². The van der Waals surface area contributed by atoms with E-state index in [0.717, 1.165) is 12.4 Å². The zero-order valence-corrected chi connectivity index (χ0v) is 10.8. The summed E-state index contributed by atoms with van der Waals surface area (Å²) in [6.45, 7) is 9.77. The van der Waals surface area contributed by atoms with Crippen LogP contribution in [0.25, 0.3) is 0 Å². The van der Waals surface area contributed by atoms with Crippen LogP contribution in [0.3, 0.4) is 0 Å². The van der Waals surface area contributed by atoms with Crippen LogP contribution in [0.1, 0.15) is 27.7 Å². The quantitative estimate of drug-likeness (QED) is 0.773. The fraction of sp³-hybridized carbons (Fsp3) is 0.583. The number of pyridine rings is 1. The van der Waals surface area contributed by atoms with Crippen molar-refractivity contribution in [2.24, 2.45) is 5.92 Å². The van der Waals surface area contributed by atoms with Crippen LogP contribution in [0, 0.1) is 5.92 Å². The third kappa shape index (κ3) is 4.12. The summed E-state index contributed by atoms with van der Waals surface area (Å²) in [5.74, 6) is 1.67. The number of hydrogen-bond acceptors (Lipinski definition) is 3. The summed E-state index contributed by atoms with van der Waals surface area (Å²) >= 11 is 1.91. The van der Waals surface area contributed by atoms with Gasteiger partial charge in [-0.25, -0.2) is 4.98 Å². The highest BCUT2D eigenvalue weighted by Gasteiger charge is 2.08. The molecule has 0 radical (unpaired) electrons. The third-order valence-corrected chi connectivity index (χ3v) is 3.79. The zero-order valence-electron chi connectivity index (χ0n) is 9.95. The van der Waals surface area contributed by atoms with E-state index in [1.807, 2.05) is 18.0 Å². The van der Waals surface area contributed by atoms with Gasteiger partial charge in [0, 0.05) is 22.9 Å². The summed E-state index contributed by atoms with van der Waals surface area (Å²) in [6, 6.07) is 4.19. The van der Waals surface area contributed by atoms with E-state index in [-0.39, 0.29) is 0 Å². The van der Waals surface area contributed by atoms with Crippen molar-refractivity contribution in [2.45, 2.75) is 37.8 Å². The summed E-state index contributed by atoms with van der Waals surface area (Å²) in [6.07, 6.45) is 1.87. The molecule has 1 rings (SSSR count). The monoisotopic (exact) mass is 224 g/mol. The predicted octanol–water partition coefficient (Wildman–Crippen LogP) is 3.65. The van der Waals surface area contributed by atoms with Crippen molar-refractivity contribution < 1.29 is 0 Å². The average molecular weight is 224 g/mol. The molecule has 3 heteroatoms. The standard InChI is InChI=1S/C12H20N2S/c1-5-13-12-8-11(6-7-14-12)15-10(4)9(2)3/h6-10H,5H2,1-4H3,(H,13,14). The maximum absolute atomic E-state index is 4.26. The fourth-order valence-corrected chi connectivity index (χ4v) is 2.13. The maximum atomic E-state index is 4.26. The van der Waals surface area contributed by atoms with Crippen LogP contribution >= 0.6 is 11.8 Å². The van der Waals surface area contributed by atoms with Gasteiger partial charge in [0.05, 0.1) is 0 Å². The van der Waals surface area contributed by atoms with Crippen molar-refractivity contribution in [1.29, 1.82) is 0 Å². The van der Waals surface area contributed by atoms with Gasteiger partial charge < -0.3 is 5.32 Å². The largest absolute Gasteiger partial charge is 0.370 e. The lowest BCUT2D eigenvalue weighted by Crippen LogP contribution is -2.05. The minimum atomic E-state index is 0.641. The van der Waals surface area contributed by atoms with Crippen LogP contribution in [0.4, 0.5) is 5.82 Å². The topological polar surface area (TPSA) is 24.9 Å². The molecule has 0 spiro atoms. The second-order valence-corrected chi connectivity index (χ2v) is 5.42. The predicted molar refractivity (Wildman–Crippen MR) is 68.6 cm³/mol. The highest BCUT2D eigenvalue weighted by molar-refractivity contribution is 8.00. The van der Waals surface area contributed by atoms with Gasteiger partial charge in [-0.15, -0.1) is 11.8 Å². The van der Waals surface area contributed by atoms with Crippen molar-refractivity contribution in [3.8, 4) is 0 Å². The molecule has 1 atom stereocenters. The van der Waals surface area contributed by atoms with E-state index in [2.05, 4.69) is 50.1 Å². The van der Waals surface area contributed by atoms with Crippen molar-refractivity contribution in [2.75, 3.05) is 11.9 Å². The van der Waals surface area contributed by atoms with E-state index in [1.54, 1.807) is 0 Å². The number of anilines is 1. The highest BCUT2D eigenvalue weighted by atomic mass is 32.2. The summed E-state index contributed by atoms with van der Waals surface area (Å²) in [4.78, 5) is 5.55. The number of rotatable bonds is 5. The Hall–Kier alpha value is -0.700. The molecule has 0 saturated carbocycles. The number of aromatic nitrogens is 1. The van der Waals surface area contributed by atoms with Gasteiger partial charge >= 0.3 is 0 Å². The van der Waals surface area contributed by atoms with E-state index < -0.39 is 0 Å². The Bertz CT molecular complexity index is 299. The minimum Gasteiger partial charge on any atom is -0.370 e. The zero-order chi connectivity index (χ0) is 11.3. The molecule has 0 fully saturated rings. The third-order valence-electron chi connectivity index (χ3n) is 2.35. The number of nitrogens with zero attached hydrogens (tertiary/aromatic N) is 1. The molecule has 15 heavy (non-hydrogen) atoms. The van der Waals surface area contributed by atoms with Gasteiger partial charge in [0.2, 0.25) is 0 Å². The highest BCUT2D eigenvalue weighted by Crippen LogP contribution is 2.28. The Morgan fingerprint density at radius 2 is 2.13 bits per heavy atom. The van der Waals surface area contributed by atoms with Crippen molar-refractivity contribution >= 4 is 17.6 Å².